The molecule has 0 aliphatic rings. The molecule has 0 bridgehead atoms. The maximum Gasteiger partial charge on any atom is 0.261 e. The Bertz CT molecular complexity index is 1720. The van der Waals surface area contributed by atoms with Crippen molar-refractivity contribution in [2.24, 2.45) is 0 Å². The summed E-state index contributed by atoms with van der Waals surface area (Å²) in [4.78, 5) is 29.3. The first-order chi connectivity index (χ1) is 21.3. The van der Waals surface area contributed by atoms with E-state index in [0.29, 0.717) is 0 Å². The molecule has 0 saturated heterocycles. The number of hydrogen-bond donors (Lipinski definition) is 3. The first kappa shape index (κ1) is 7.31. The highest BCUT2D eigenvalue weighted by Crippen LogP contribution is 2.39. The molecule has 5 nitrogen and oxygen atoms in total. The van der Waals surface area contributed by atoms with Crippen LogP contribution in [0.2, 0.25) is 0 Å². The van der Waals surface area contributed by atoms with Crippen molar-refractivity contribution in [1.29, 1.82) is 0 Å². The highest BCUT2D eigenvalue weighted by molar-refractivity contribution is 6.06. The zero-order valence-corrected chi connectivity index (χ0v) is 14.7. The Morgan fingerprint density at radius 2 is 1.76 bits per heavy atom. The summed E-state index contributed by atoms with van der Waals surface area (Å²) in [6.45, 7) is -25.0. The zero-order valence-electron chi connectivity index (χ0n) is 33.7. The first-order valence-corrected chi connectivity index (χ1v) is 8.11. The van der Waals surface area contributed by atoms with Gasteiger partial charge in [0.1, 0.15) is 11.3 Å². The second-order valence-corrected chi connectivity index (χ2v) is 6.35. The van der Waals surface area contributed by atoms with Crippen molar-refractivity contribution < 1.29 is 35.9 Å². The van der Waals surface area contributed by atoms with Gasteiger partial charge in [0, 0.05) is 53.5 Å². The van der Waals surface area contributed by atoms with Gasteiger partial charge >= 0.3 is 0 Å². The lowest BCUT2D eigenvalue weighted by molar-refractivity contribution is 0.102. The van der Waals surface area contributed by atoms with Gasteiger partial charge in [0.05, 0.1) is 1.37 Å². The Morgan fingerprint density at radius 3 is 2.45 bits per heavy atom. The maximum atomic E-state index is 13.5. The number of carbonyl (C=O) groups excluding carboxylic acids is 1. The van der Waals surface area contributed by atoms with Crippen LogP contribution in [0.1, 0.15) is 88.6 Å². The van der Waals surface area contributed by atoms with E-state index in [4.69, 9.17) is 26.0 Å². The number of fused-ring (bicyclic) bond motifs is 1. The van der Waals surface area contributed by atoms with Gasteiger partial charge in [-0.1, -0.05) is 53.2 Å². The molecule has 3 rings (SSSR count). The van der Waals surface area contributed by atoms with Crippen LogP contribution in [0.15, 0.2) is 47.4 Å². The summed E-state index contributed by atoms with van der Waals surface area (Å²) >= 11 is 0. The number of benzene rings is 2. The van der Waals surface area contributed by atoms with Gasteiger partial charge in [-0.05, 0) is 40.2 Å². The van der Waals surface area contributed by atoms with E-state index < -0.39 is 97.4 Å². The molecule has 0 saturated carbocycles. The number of nitrogens with one attached hydrogen (secondary N) is 2. The number of hydrogen-bond acceptors (Lipinski definition) is 3. The van der Waals surface area contributed by atoms with E-state index >= 15 is 0 Å². The van der Waals surface area contributed by atoms with Gasteiger partial charge < -0.3 is 15.4 Å². The predicted molar refractivity (Wildman–Crippen MR) is 118 cm³/mol. The molecule has 0 fully saturated rings. The Morgan fingerprint density at radius 1 is 1.10 bits per heavy atom. The number of amides is 1. The van der Waals surface area contributed by atoms with Crippen molar-refractivity contribution in [3.8, 4) is 5.75 Å². The summed E-state index contributed by atoms with van der Waals surface area (Å²) in [5, 5.41) is 13.0. The number of phenolic OH excluding ortho intramolecular Hbond substituents is 1. The van der Waals surface area contributed by atoms with E-state index in [-0.39, 0.29) is 17.0 Å². The molecule has 1 aromatic heterocycles. The fourth-order valence-corrected chi connectivity index (χ4v) is 2.74. The van der Waals surface area contributed by atoms with Gasteiger partial charge in [-0.15, -0.1) is 0 Å². The molecule has 3 aromatic rings. The molecular weight excluding hydrogens is 364 g/mol. The van der Waals surface area contributed by atoms with Crippen molar-refractivity contribution in [2.75, 3.05) is 5.32 Å². The Kier molecular flexibility index (Phi) is 1.78. The summed E-state index contributed by atoms with van der Waals surface area (Å²) in [6, 6.07) is 4.10. The highest BCUT2D eigenvalue weighted by Gasteiger charge is 2.26. The number of aromatic hydroxyl groups is 1. The number of carbonyl (C=O) groups is 1. The van der Waals surface area contributed by atoms with Crippen molar-refractivity contribution in [3.63, 3.8) is 0 Å². The molecule has 0 atom stereocenters. The number of aromatic nitrogens is 1. The number of rotatable bonds is 2. The molecule has 0 unspecified atom stereocenters. The molecule has 3 N–H and O–H groups in total. The molecule has 152 valence electrons. The third-order valence-corrected chi connectivity index (χ3v) is 4.14. The highest BCUT2D eigenvalue weighted by atomic mass is 16.3. The van der Waals surface area contributed by atoms with E-state index in [2.05, 4.69) is 4.98 Å². The summed E-state index contributed by atoms with van der Waals surface area (Å²) < 4.78 is 154. The van der Waals surface area contributed by atoms with Crippen LogP contribution in [0.25, 0.3) is 10.9 Å². The number of H-pyrrole nitrogens is 1. The van der Waals surface area contributed by atoms with Gasteiger partial charge in [0.2, 0.25) is 5.43 Å². The quantitative estimate of drug-likeness (QED) is 0.550. The number of phenols is 1. The lowest BCUT2D eigenvalue weighted by Gasteiger charge is -2.28. The van der Waals surface area contributed by atoms with E-state index in [1.54, 1.807) is 6.07 Å². The minimum atomic E-state index is -4.21. The third kappa shape index (κ3) is 4.04. The topological polar surface area (TPSA) is 82.2 Å². The first-order valence-electron chi connectivity index (χ1n) is 17.6. The molecule has 0 spiro atoms. The molecule has 0 aliphatic heterocycles. The predicted octanol–water partition coefficient (Wildman–Crippen LogP) is 5.08. The smallest absolute Gasteiger partial charge is 0.261 e. The van der Waals surface area contributed by atoms with Crippen LogP contribution in [0, 0.1) is 0 Å². The normalized spacial score (nSPS) is 24.5. The number of aromatic amines is 1. The van der Waals surface area contributed by atoms with Gasteiger partial charge in [0.25, 0.3) is 5.91 Å². The van der Waals surface area contributed by atoms with E-state index in [9.17, 15) is 14.7 Å². The average Bonchev–Trinajstić information content (AvgIpc) is 2.84. The average molecular weight is 412 g/mol. The maximum absolute atomic E-state index is 13.5. The van der Waals surface area contributed by atoms with Crippen LogP contribution in [0.3, 0.4) is 0 Å². The van der Waals surface area contributed by atoms with Gasteiger partial charge in [-0.25, -0.2) is 0 Å². The second kappa shape index (κ2) is 7.07. The van der Waals surface area contributed by atoms with Crippen LogP contribution in [-0.2, 0) is 10.8 Å². The third-order valence-electron chi connectivity index (χ3n) is 4.14. The standard InChI is InChI=1S/C24H28N2O3/c1-23(2,3)16-11-17(24(4,5)6)20(27)12-19(16)26-22(29)15-13-25-18-10-8-7-9-14(18)21(15)28/h7-13,27H,1-6H3,(H,25,28)(H,26,29)/i1D3,2D3,3D3,4D3,5D3,6D3,12D. The molecule has 1 heterocycles. The van der Waals surface area contributed by atoms with Crippen LogP contribution in [0.5, 0.6) is 5.75 Å². The monoisotopic (exact) mass is 411 g/mol. The number of para-hydroxylation sites is 1. The summed E-state index contributed by atoms with van der Waals surface area (Å²) in [6.07, 6.45) is 0.880. The Labute approximate surface area is 197 Å². The fourth-order valence-electron chi connectivity index (χ4n) is 2.74. The summed E-state index contributed by atoms with van der Waals surface area (Å²) in [5.41, 5.74) is -14.6. The van der Waals surface area contributed by atoms with E-state index in [1.807, 2.05) is 5.32 Å². The molecular formula is C24H28N2O3. The van der Waals surface area contributed by atoms with Crippen molar-refractivity contribution in [1.82, 2.24) is 4.98 Å². The molecule has 0 radical (unpaired) electrons. The molecule has 29 heavy (non-hydrogen) atoms. The summed E-state index contributed by atoms with van der Waals surface area (Å²) in [7, 11) is 0. The van der Waals surface area contributed by atoms with Crippen LogP contribution in [-0.4, -0.2) is 16.0 Å². The largest absolute Gasteiger partial charge is 0.508 e. The van der Waals surface area contributed by atoms with Crippen molar-refractivity contribution >= 4 is 22.5 Å². The molecule has 5 heteroatoms. The molecule has 0 aliphatic carbocycles. The minimum absolute atomic E-state index is 0.0379. The van der Waals surface area contributed by atoms with E-state index in [0.717, 1.165) is 6.20 Å². The lowest BCUT2D eigenvalue weighted by Crippen LogP contribution is -2.25. The number of pyridine rings is 1. The van der Waals surface area contributed by atoms with Gasteiger partial charge in [0.15, 0.2) is 0 Å². The second-order valence-electron chi connectivity index (χ2n) is 6.35. The minimum Gasteiger partial charge on any atom is -0.508 e. The Balaban J connectivity index is 2.69. The summed E-state index contributed by atoms with van der Waals surface area (Å²) in [5.74, 6) is -3.28. The lowest BCUT2D eigenvalue weighted by atomic mass is 9.79. The fraction of sp³-hybridized carbons (Fsp3) is 0.333. The number of anilines is 1. The van der Waals surface area contributed by atoms with Crippen LogP contribution >= 0.6 is 0 Å². The molecule has 2 aromatic carbocycles. The van der Waals surface area contributed by atoms with E-state index in [1.165, 1.54) is 18.2 Å². The van der Waals surface area contributed by atoms with Gasteiger partial charge in [-0.3, -0.25) is 9.59 Å². The molecule has 1 amide bonds. The van der Waals surface area contributed by atoms with Crippen LogP contribution in [0.4, 0.5) is 5.69 Å². The Hall–Kier alpha value is -3.08. The van der Waals surface area contributed by atoms with Crippen molar-refractivity contribution in [2.45, 2.75) is 51.9 Å². The van der Waals surface area contributed by atoms with Crippen molar-refractivity contribution in [3.05, 3.63) is 69.5 Å². The zero-order chi connectivity index (χ0) is 37.4. The van der Waals surface area contributed by atoms with Crippen LogP contribution < -0.4 is 10.7 Å². The van der Waals surface area contributed by atoms with Gasteiger partial charge in [-0.2, -0.15) is 0 Å². The SMILES string of the molecule is [2H]c1c(O)c(C(C([2H])([2H])[2H])(C([2H])([2H])[2H])C([2H])([2H])[2H])cc(C(C([2H])([2H])[2H])(C([2H])([2H])[2H])C([2H])([2H])[2H])c1NC(=O)c1c[nH]c2ccccc2c1=O.